The van der Waals surface area contributed by atoms with E-state index in [2.05, 4.69) is 15.3 Å². The maximum absolute atomic E-state index is 12.5. The fourth-order valence-corrected chi connectivity index (χ4v) is 2.95. The maximum Gasteiger partial charge on any atom is 0.255 e. The Balaban J connectivity index is 1.61. The first-order valence-electron chi connectivity index (χ1n) is 8.23. The number of aryl methyl sites for hydroxylation is 1. The fraction of sp³-hybridized carbons (Fsp3) is 0.0476. The number of imidazole rings is 1. The molecule has 0 spiro atoms. The molecular weight excluding hydrogens is 346 g/mol. The molecule has 1 amide bonds. The van der Waals surface area contributed by atoms with Gasteiger partial charge in [-0.1, -0.05) is 41.9 Å². The van der Waals surface area contributed by atoms with Gasteiger partial charge in [-0.2, -0.15) is 0 Å². The number of para-hydroxylation sites is 2. The Labute approximate surface area is 155 Å². The van der Waals surface area contributed by atoms with Crippen LogP contribution < -0.4 is 5.32 Å². The molecule has 4 rings (SSSR count). The number of aromatic amines is 1. The summed E-state index contributed by atoms with van der Waals surface area (Å²) in [4.78, 5) is 20.4. The summed E-state index contributed by atoms with van der Waals surface area (Å²) in [5, 5.41) is 3.49. The molecule has 0 bridgehead atoms. The number of halogens is 1. The van der Waals surface area contributed by atoms with Gasteiger partial charge < -0.3 is 10.3 Å². The number of nitrogens with one attached hydrogen (secondary N) is 2. The monoisotopic (exact) mass is 361 g/mol. The molecule has 0 aliphatic heterocycles. The van der Waals surface area contributed by atoms with E-state index in [1.807, 2.05) is 61.5 Å². The third-order valence-electron chi connectivity index (χ3n) is 4.22. The summed E-state index contributed by atoms with van der Waals surface area (Å²) in [6.07, 6.45) is 0. The molecule has 0 saturated carbocycles. The molecule has 0 atom stereocenters. The zero-order valence-corrected chi connectivity index (χ0v) is 14.8. The molecule has 1 heterocycles. The van der Waals surface area contributed by atoms with Gasteiger partial charge in [-0.25, -0.2) is 4.98 Å². The lowest BCUT2D eigenvalue weighted by molar-refractivity contribution is 0.102. The van der Waals surface area contributed by atoms with Gasteiger partial charge in [0.1, 0.15) is 5.82 Å². The van der Waals surface area contributed by atoms with Crippen LogP contribution in [0.4, 0.5) is 5.69 Å². The van der Waals surface area contributed by atoms with Crippen LogP contribution in [0.5, 0.6) is 0 Å². The first kappa shape index (κ1) is 16.4. The predicted octanol–water partition coefficient (Wildman–Crippen LogP) is 5.44. The third kappa shape index (κ3) is 3.19. The lowest BCUT2D eigenvalue weighted by Gasteiger charge is -2.08. The van der Waals surface area contributed by atoms with Crippen LogP contribution in [0.25, 0.3) is 22.4 Å². The third-order valence-corrected chi connectivity index (χ3v) is 4.62. The number of aromatic nitrogens is 2. The van der Waals surface area contributed by atoms with E-state index in [1.165, 1.54) is 0 Å². The molecule has 2 N–H and O–H groups in total. The molecule has 3 aromatic carbocycles. The number of rotatable bonds is 3. The van der Waals surface area contributed by atoms with Crippen LogP contribution in [0, 0.1) is 6.92 Å². The fourth-order valence-electron chi connectivity index (χ4n) is 2.77. The minimum atomic E-state index is -0.200. The lowest BCUT2D eigenvalue weighted by Crippen LogP contribution is -2.11. The normalized spacial score (nSPS) is 10.8. The van der Waals surface area contributed by atoms with E-state index in [1.54, 1.807) is 12.1 Å². The molecular formula is C21H16ClN3O. The summed E-state index contributed by atoms with van der Waals surface area (Å²) >= 11 is 6.11. The standard InChI is InChI=1S/C21H16ClN3O/c1-13-9-10-15(12-17(13)22)21(26)23-16-6-4-5-14(11-16)20-24-18-7-2-3-8-19(18)25-20/h2-12H,1H3,(H,23,26)(H,24,25). The molecule has 128 valence electrons. The summed E-state index contributed by atoms with van der Waals surface area (Å²) in [5.74, 6) is 0.564. The van der Waals surface area contributed by atoms with Crippen molar-refractivity contribution in [3.8, 4) is 11.4 Å². The topological polar surface area (TPSA) is 57.8 Å². The summed E-state index contributed by atoms with van der Waals surface area (Å²) in [6.45, 7) is 1.90. The molecule has 0 unspecified atom stereocenters. The van der Waals surface area contributed by atoms with Gasteiger partial charge >= 0.3 is 0 Å². The van der Waals surface area contributed by atoms with Gasteiger partial charge in [0.05, 0.1) is 11.0 Å². The van der Waals surface area contributed by atoms with Crippen LogP contribution in [0.1, 0.15) is 15.9 Å². The van der Waals surface area contributed by atoms with E-state index >= 15 is 0 Å². The molecule has 0 aliphatic rings. The largest absolute Gasteiger partial charge is 0.338 e. The molecule has 0 aliphatic carbocycles. The van der Waals surface area contributed by atoms with Gasteiger partial charge in [0.2, 0.25) is 0 Å². The van der Waals surface area contributed by atoms with E-state index in [9.17, 15) is 4.79 Å². The van der Waals surface area contributed by atoms with Crippen molar-refractivity contribution in [3.05, 3.63) is 82.9 Å². The van der Waals surface area contributed by atoms with E-state index in [-0.39, 0.29) is 5.91 Å². The highest BCUT2D eigenvalue weighted by Crippen LogP contribution is 2.24. The zero-order chi connectivity index (χ0) is 18.1. The number of H-pyrrole nitrogens is 1. The number of hydrogen-bond donors (Lipinski definition) is 2. The molecule has 5 heteroatoms. The Kier molecular flexibility index (Phi) is 4.19. The Morgan fingerprint density at radius 3 is 2.69 bits per heavy atom. The minimum absolute atomic E-state index is 0.200. The molecule has 1 aromatic heterocycles. The SMILES string of the molecule is Cc1ccc(C(=O)Nc2cccc(-c3nc4ccccc4[nH]3)c2)cc1Cl. The van der Waals surface area contributed by atoms with Crippen molar-refractivity contribution in [2.45, 2.75) is 6.92 Å². The van der Waals surface area contributed by atoms with Gasteiger partial charge in [-0.15, -0.1) is 0 Å². The van der Waals surface area contributed by atoms with Crippen LogP contribution in [-0.2, 0) is 0 Å². The maximum atomic E-state index is 12.5. The molecule has 0 saturated heterocycles. The van der Waals surface area contributed by atoms with Gasteiger partial charge in [0.15, 0.2) is 0 Å². The number of fused-ring (bicyclic) bond motifs is 1. The number of benzene rings is 3. The molecule has 0 fully saturated rings. The van der Waals surface area contributed by atoms with Gasteiger partial charge in [-0.05, 0) is 48.9 Å². The quantitative estimate of drug-likeness (QED) is 0.510. The zero-order valence-electron chi connectivity index (χ0n) is 14.1. The van der Waals surface area contributed by atoms with E-state index in [4.69, 9.17) is 11.6 Å². The van der Waals surface area contributed by atoms with Crippen molar-refractivity contribution < 1.29 is 4.79 Å². The van der Waals surface area contributed by atoms with Crippen LogP contribution in [-0.4, -0.2) is 15.9 Å². The molecule has 26 heavy (non-hydrogen) atoms. The van der Waals surface area contributed by atoms with Crippen molar-refractivity contribution >= 4 is 34.2 Å². The number of hydrogen-bond acceptors (Lipinski definition) is 2. The van der Waals surface area contributed by atoms with E-state index < -0.39 is 0 Å². The van der Waals surface area contributed by atoms with E-state index in [0.717, 1.165) is 28.0 Å². The highest BCUT2D eigenvalue weighted by atomic mass is 35.5. The smallest absolute Gasteiger partial charge is 0.255 e. The van der Waals surface area contributed by atoms with Crippen LogP contribution in [0.3, 0.4) is 0 Å². The Morgan fingerprint density at radius 2 is 1.88 bits per heavy atom. The van der Waals surface area contributed by atoms with Crippen molar-refractivity contribution in [2.24, 2.45) is 0 Å². The van der Waals surface area contributed by atoms with Crippen molar-refractivity contribution in [1.82, 2.24) is 9.97 Å². The van der Waals surface area contributed by atoms with Crippen LogP contribution in [0.2, 0.25) is 5.02 Å². The average molecular weight is 362 g/mol. The van der Waals surface area contributed by atoms with Crippen LogP contribution >= 0.6 is 11.6 Å². The first-order chi connectivity index (χ1) is 12.6. The number of carbonyl (C=O) groups excluding carboxylic acids is 1. The number of anilines is 1. The average Bonchev–Trinajstić information content (AvgIpc) is 3.08. The lowest BCUT2D eigenvalue weighted by atomic mass is 10.1. The Morgan fingerprint density at radius 1 is 1.04 bits per heavy atom. The summed E-state index contributed by atoms with van der Waals surface area (Å²) in [6, 6.07) is 20.7. The predicted molar refractivity (Wildman–Crippen MR) is 106 cm³/mol. The van der Waals surface area contributed by atoms with Gasteiger partial charge in [0.25, 0.3) is 5.91 Å². The van der Waals surface area contributed by atoms with Crippen LogP contribution in [0.15, 0.2) is 66.7 Å². The van der Waals surface area contributed by atoms with Crippen molar-refractivity contribution in [3.63, 3.8) is 0 Å². The Hall–Kier alpha value is -3.11. The summed E-state index contributed by atoms with van der Waals surface area (Å²) in [7, 11) is 0. The second-order valence-electron chi connectivity index (χ2n) is 6.10. The van der Waals surface area contributed by atoms with Gasteiger partial charge in [-0.3, -0.25) is 4.79 Å². The first-order valence-corrected chi connectivity index (χ1v) is 8.61. The second-order valence-corrected chi connectivity index (χ2v) is 6.51. The highest BCUT2D eigenvalue weighted by Gasteiger charge is 2.10. The Bertz CT molecular complexity index is 1080. The molecule has 4 aromatic rings. The molecule has 0 radical (unpaired) electrons. The highest BCUT2D eigenvalue weighted by molar-refractivity contribution is 6.31. The van der Waals surface area contributed by atoms with Crippen molar-refractivity contribution in [1.29, 1.82) is 0 Å². The number of amides is 1. The van der Waals surface area contributed by atoms with Crippen molar-refractivity contribution in [2.75, 3.05) is 5.32 Å². The van der Waals surface area contributed by atoms with E-state index in [0.29, 0.717) is 16.3 Å². The number of carbonyl (C=O) groups is 1. The summed E-state index contributed by atoms with van der Waals surface area (Å²) in [5.41, 5.74) is 4.95. The van der Waals surface area contributed by atoms with Gasteiger partial charge in [0, 0.05) is 21.8 Å². The molecule has 4 nitrogen and oxygen atoms in total. The number of nitrogens with zero attached hydrogens (tertiary/aromatic N) is 1. The minimum Gasteiger partial charge on any atom is -0.338 e. The second kappa shape index (κ2) is 6.65. The summed E-state index contributed by atoms with van der Waals surface area (Å²) < 4.78 is 0.